The van der Waals surface area contributed by atoms with E-state index in [2.05, 4.69) is 0 Å². The molecule has 0 spiro atoms. The first-order chi connectivity index (χ1) is 10.8. The molecule has 4 aromatic carbocycles. The molecule has 0 heterocycles. The van der Waals surface area contributed by atoms with Gasteiger partial charge in [-0.05, 0) is 33.2 Å². The van der Waals surface area contributed by atoms with Gasteiger partial charge in [0.25, 0.3) is 0 Å². The summed E-state index contributed by atoms with van der Waals surface area (Å²) in [5.41, 5.74) is 1.17. The summed E-state index contributed by atoms with van der Waals surface area (Å²) in [5, 5.41) is 26.7. The van der Waals surface area contributed by atoms with Crippen LogP contribution in [0.25, 0.3) is 32.7 Å². The van der Waals surface area contributed by atoms with Crippen LogP contribution in [0.1, 0.15) is 0 Å². The van der Waals surface area contributed by atoms with Crippen LogP contribution in [-0.4, -0.2) is 5.11 Å². The van der Waals surface area contributed by atoms with E-state index >= 15 is 0 Å². The number of phenols is 1. The smallest absolute Gasteiger partial charge is 0.872 e. The van der Waals surface area contributed by atoms with E-state index in [0.29, 0.717) is 11.1 Å². The third-order valence-corrected chi connectivity index (χ3v) is 4.05. The van der Waals surface area contributed by atoms with Gasteiger partial charge in [0.1, 0.15) is 5.75 Å². The van der Waals surface area contributed by atoms with Crippen molar-refractivity contribution in [1.29, 1.82) is 0 Å². The van der Waals surface area contributed by atoms with Crippen LogP contribution >= 0.6 is 0 Å². The molecule has 23 heavy (non-hydrogen) atoms. The van der Waals surface area contributed by atoms with E-state index in [-0.39, 0.29) is 30.4 Å². The van der Waals surface area contributed by atoms with Crippen LogP contribution in [0.2, 0.25) is 0 Å². The van der Waals surface area contributed by atoms with Crippen molar-refractivity contribution < 1.29 is 29.1 Å². The van der Waals surface area contributed by atoms with E-state index in [1.807, 2.05) is 60.7 Å². The van der Waals surface area contributed by atoms with E-state index in [0.717, 1.165) is 21.5 Å². The molecule has 4 rings (SSSR count). The molecule has 0 saturated carbocycles. The molecule has 0 unspecified atom stereocenters. The second-order valence-electron chi connectivity index (χ2n) is 5.34. The minimum absolute atomic E-state index is 0. The van der Waals surface area contributed by atoms with Crippen LogP contribution in [0.5, 0.6) is 11.5 Å². The minimum Gasteiger partial charge on any atom is -0.872 e. The summed E-state index contributed by atoms with van der Waals surface area (Å²) in [6, 6.07) is 22.4. The zero-order valence-corrected chi connectivity index (χ0v) is 12.8. The van der Waals surface area contributed by atoms with Gasteiger partial charge in [0, 0.05) is 5.56 Å². The number of fused-ring (bicyclic) bond motifs is 2. The van der Waals surface area contributed by atoms with Crippen molar-refractivity contribution in [1.82, 2.24) is 0 Å². The van der Waals surface area contributed by atoms with Crippen molar-refractivity contribution in [3.8, 4) is 22.6 Å². The molecule has 0 saturated heterocycles. The van der Waals surface area contributed by atoms with Gasteiger partial charge in [-0.2, -0.15) is 0 Å². The van der Waals surface area contributed by atoms with Gasteiger partial charge >= 0.3 is 18.9 Å². The maximum absolute atomic E-state index is 12.5. The SMILES string of the molecule is [Li+].[O-]c1ccc2ccccc2c1-c1c(O)ccc2ccccc12. The van der Waals surface area contributed by atoms with Crippen molar-refractivity contribution in [3.05, 3.63) is 72.8 Å². The number of rotatable bonds is 1. The predicted molar refractivity (Wildman–Crippen MR) is 88.0 cm³/mol. The van der Waals surface area contributed by atoms with Crippen LogP contribution in [-0.2, 0) is 0 Å². The Kier molecular flexibility index (Phi) is 4.04. The molecule has 0 aliphatic carbocycles. The zero-order chi connectivity index (χ0) is 15.1. The fraction of sp³-hybridized carbons (Fsp3) is 0. The molecule has 2 nitrogen and oxygen atoms in total. The number of aromatic hydroxyl groups is 1. The van der Waals surface area contributed by atoms with Crippen molar-refractivity contribution >= 4 is 21.5 Å². The molecule has 106 valence electrons. The van der Waals surface area contributed by atoms with Crippen molar-refractivity contribution in [2.45, 2.75) is 0 Å². The maximum atomic E-state index is 12.5. The van der Waals surface area contributed by atoms with Crippen molar-refractivity contribution in [3.63, 3.8) is 0 Å². The second-order valence-corrected chi connectivity index (χ2v) is 5.34. The van der Waals surface area contributed by atoms with Crippen LogP contribution in [0.3, 0.4) is 0 Å². The van der Waals surface area contributed by atoms with Crippen molar-refractivity contribution in [2.75, 3.05) is 0 Å². The summed E-state index contributed by atoms with van der Waals surface area (Å²) >= 11 is 0. The first kappa shape index (κ1) is 15.5. The molecule has 0 bridgehead atoms. The third-order valence-electron chi connectivity index (χ3n) is 4.05. The molecular weight excluding hydrogens is 279 g/mol. The molecule has 1 N–H and O–H groups in total. The first-order valence-electron chi connectivity index (χ1n) is 7.15. The van der Waals surface area contributed by atoms with E-state index in [9.17, 15) is 10.2 Å². The van der Waals surface area contributed by atoms with E-state index in [4.69, 9.17) is 0 Å². The van der Waals surface area contributed by atoms with Gasteiger partial charge in [0.05, 0.1) is 0 Å². The van der Waals surface area contributed by atoms with Crippen LogP contribution in [0.4, 0.5) is 0 Å². The molecule has 0 radical (unpaired) electrons. The summed E-state index contributed by atoms with van der Waals surface area (Å²) < 4.78 is 0. The Labute approximate surface area is 146 Å². The second kappa shape index (κ2) is 6.00. The molecule has 4 aromatic rings. The van der Waals surface area contributed by atoms with Crippen LogP contribution in [0, 0.1) is 0 Å². The Morgan fingerprint density at radius 2 is 1.13 bits per heavy atom. The molecular formula is C20H13LiO2. The Morgan fingerprint density at radius 3 is 1.78 bits per heavy atom. The average molecular weight is 292 g/mol. The first-order valence-corrected chi connectivity index (χ1v) is 7.15. The normalized spacial score (nSPS) is 10.6. The summed E-state index contributed by atoms with van der Waals surface area (Å²) in [5.74, 6) is 0.0532. The predicted octanol–water partition coefficient (Wildman–Crippen LogP) is 1.44. The molecule has 3 heteroatoms. The molecule has 0 amide bonds. The molecule has 0 atom stereocenters. The van der Waals surface area contributed by atoms with Gasteiger partial charge in [-0.1, -0.05) is 66.7 Å². The third kappa shape index (κ3) is 2.47. The van der Waals surface area contributed by atoms with E-state index < -0.39 is 0 Å². The minimum atomic E-state index is -0.0784. The zero-order valence-electron chi connectivity index (χ0n) is 12.8. The summed E-state index contributed by atoms with van der Waals surface area (Å²) in [4.78, 5) is 0. The Morgan fingerprint density at radius 1 is 0.609 bits per heavy atom. The number of hydrogen-bond acceptors (Lipinski definition) is 2. The monoisotopic (exact) mass is 292 g/mol. The fourth-order valence-electron chi connectivity index (χ4n) is 3.03. The quantitative estimate of drug-likeness (QED) is 0.540. The van der Waals surface area contributed by atoms with Gasteiger partial charge < -0.3 is 10.2 Å². The molecule has 0 fully saturated rings. The van der Waals surface area contributed by atoms with Gasteiger partial charge in [-0.25, -0.2) is 0 Å². The number of benzene rings is 4. The Balaban J connectivity index is 0.00000156. The van der Waals surface area contributed by atoms with Crippen LogP contribution < -0.4 is 24.0 Å². The van der Waals surface area contributed by atoms with E-state index in [1.165, 1.54) is 0 Å². The average Bonchev–Trinajstić information content (AvgIpc) is 2.56. The molecule has 0 aliphatic heterocycles. The number of hydrogen-bond donors (Lipinski definition) is 1. The van der Waals surface area contributed by atoms with E-state index in [1.54, 1.807) is 12.1 Å². The summed E-state index contributed by atoms with van der Waals surface area (Å²) in [6.07, 6.45) is 0. The van der Waals surface area contributed by atoms with Crippen LogP contribution in [0.15, 0.2) is 72.8 Å². The van der Waals surface area contributed by atoms with Gasteiger partial charge in [-0.15, -0.1) is 5.75 Å². The maximum Gasteiger partial charge on any atom is 1.00 e. The number of phenolic OH excluding ortho intramolecular Hbond substituents is 1. The Bertz CT molecular complexity index is 925. The molecule has 0 aliphatic rings. The standard InChI is InChI=1S/C20H14O2.Li/c21-17-11-9-13-5-1-3-7-15(13)19(17)20-16-8-4-2-6-14(16)10-12-18(20)22;/h1-12,21-22H;/q;+1/p-1. The fourth-order valence-corrected chi connectivity index (χ4v) is 3.03. The van der Waals surface area contributed by atoms with Gasteiger partial charge in [0.15, 0.2) is 0 Å². The summed E-state index contributed by atoms with van der Waals surface area (Å²) in [7, 11) is 0. The summed E-state index contributed by atoms with van der Waals surface area (Å²) in [6.45, 7) is 0. The van der Waals surface area contributed by atoms with Gasteiger partial charge in [0.2, 0.25) is 0 Å². The largest absolute Gasteiger partial charge is 1.00 e. The molecule has 0 aromatic heterocycles. The topological polar surface area (TPSA) is 43.3 Å². The van der Waals surface area contributed by atoms with Gasteiger partial charge in [-0.3, -0.25) is 0 Å². The Hall–Kier alpha value is -2.40. The van der Waals surface area contributed by atoms with Crippen molar-refractivity contribution in [2.24, 2.45) is 0 Å².